The molecule has 0 aliphatic carbocycles. The maximum atomic E-state index is 13.2. The van der Waals surface area contributed by atoms with Gasteiger partial charge in [0, 0.05) is 11.6 Å². The van der Waals surface area contributed by atoms with Gasteiger partial charge in [0.15, 0.2) is 11.6 Å². The van der Waals surface area contributed by atoms with Gasteiger partial charge in [-0.25, -0.2) is 9.97 Å². The Labute approximate surface area is 197 Å². The molecule has 3 aromatic carbocycles. The average Bonchev–Trinajstić information content (AvgIpc) is 2.85. The average molecular weight is 459 g/mol. The van der Waals surface area contributed by atoms with Gasteiger partial charge >= 0.3 is 0 Å². The van der Waals surface area contributed by atoms with Gasteiger partial charge < -0.3 is 11.1 Å². The summed E-state index contributed by atoms with van der Waals surface area (Å²) in [5, 5.41) is 3.85. The third-order valence-electron chi connectivity index (χ3n) is 5.09. The van der Waals surface area contributed by atoms with Crippen molar-refractivity contribution in [3.05, 3.63) is 113 Å². The number of amides is 1. The van der Waals surface area contributed by atoms with Crippen molar-refractivity contribution in [1.29, 1.82) is 0 Å². The van der Waals surface area contributed by atoms with Gasteiger partial charge in [-0.1, -0.05) is 84.4 Å². The summed E-state index contributed by atoms with van der Waals surface area (Å²) in [6.45, 7) is 0.508. The smallest absolute Gasteiger partial charge is 0.250 e. The number of anilines is 3. The van der Waals surface area contributed by atoms with Crippen molar-refractivity contribution in [3.63, 3.8) is 0 Å². The summed E-state index contributed by atoms with van der Waals surface area (Å²) >= 11 is 5.93. The van der Waals surface area contributed by atoms with E-state index >= 15 is 0 Å². The second kappa shape index (κ2) is 10.5. The molecule has 0 spiro atoms. The van der Waals surface area contributed by atoms with E-state index in [4.69, 9.17) is 17.3 Å². The maximum Gasteiger partial charge on any atom is 0.250 e. The van der Waals surface area contributed by atoms with Crippen LogP contribution in [0.3, 0.4) is 0 Å². The first-order chi connectivity index (χ1) is 16.1. The molecule has 0 atom stereocenters. The lowest BCUT2D eigenvalue weighted by Gasteiger charge is -2.19. The number of nitrogens with one attached hydrogen (secondary N) is 3. The second-order valence-corrected chi connectivity index (χ2v) is 7.77. The Morgan fingerprint density at radius 3 is 2.03 bits per heavy atom. The summed E-state index contributed by atoms with van der Waals surface area (Å²) in [6, 6.07) is 26.7. The predicted octanol–water partition coefficient (Wildman–Crippen LogP) is 4.60. The SMILES string of the molecule is Nc1c(NCc2ccc(Cl)cc2)ncnc1NNC(=O)C(c1ccccc1)c1ccccc1. The van der Waals surface area contributed by atoms with E-state index in [1.807, 2.05) is 84.9 Å². The number of rotatable bonds is 8. The van der Waals surface area contributed by atoms with Crippen molar-refractivity contribution in [1.82, 2.24) is 15.4 Å². The summed E-state index contributed by atoms with van der Waals surface area (Å²) in [5.41, 5.74) is 14.9. The van der Waals surface area contributed by atoms with Crippen molar-refractivity contribution < 1.29 is 4.79 Å². The highest BCUT2D eigenvalue weighted by Gasteiger charge is 2.23. The Morgan fingerprint density at radius 1 is 0.848 bits per heavy atom. The number of nitrogens with zero attached hydrogens (tertiary/aromatic N) is 2. The fraction of sp³-hybridized carbons (Fsp3) is 0.0800. The summed E-state index contributed by atoms with van der Waals surface area (Å²) in [7, 11) is 0. The minimum absolute atomic E-state index is 0.235. The molecule has 0 aliphatic rings. The molecule has 166 valence electrons. The molecule has 0 bridgehead atoms. The quantitative estimate of drug-likeness (QED) is 0.288. The molecule has 0 saturated carbocycles. The molecule has 4 rings (SSSR count). The van der Waals surface area contributed by atoms with Gasteiger partial charge in [0.25, 0.3) is 0 Å². The number of carbonyl (C=O) groups is 1. The van der Waals surface area contributed by atoms with Crippen molar-refractivity contribution in [3.8, 4) is 0 Å². The first-order valence-corrected chi connectivity index (χ1v) is 10.7. The lowest BCUT2D eigenvalue weighted by molar-refractivity contribution is -0.121. The molecule has 0 radical (unpaired) electrons. The maximum absolute atomic E-state index is 13.2. The Kier molecular flexibility index (Phi) is 7.02. The number of aromatic nitrogens is 2. The van der Waals surface area contributed by atoms with Gasteiger partial charge in [0.05, 0.1) is 5.92 Å². The lowest BCUT2D eigenvalue weighted by atomic mass is 9.91. The second-order valence-electron chi connectivity index (χ2n) is 7.33. The molecule has 7 nitrogen and oxygen atoms in total. The standard InChI is InChI=1S/C25H23ClN6O/c26-20-13-11-17(12-14-20)15-28-23-22(27)24(30-16-29-23)31-32-25(33)21(18-7-3-1-4-8-18)19-9-5-2-6-10-19/h1-14,16,21H,15,27H2,(H,32,33)(H2,28,29,30,31). The Morgan fingerprint density at radius 2 is 1.42 bits per heavy atom. The van der Waals surface area contributed by atoms with Crippen LogP contribution in [0.15, 0.2) is 91.3 Å². The van der Waals surface area contributed by atoms with Crippen LogP contribution in [0.25, 0.3) is 0 Å². The van der Waals surface area contributed by atoms with Gasteiger partial charge in [-0.2, -0.15) is 0 Å². The summed E-state index contributed by atoms with van der Waals surface area (Å²) in [6.07, 6.45) is 1.38. The van der Waals surface area contributed by atoms with Gasteiger partial charge in [-0.05, 0) is 28.8 Å². The number of benzene rings is 3. The Bertz CT molecular complexity index is 1160. The van der Waals surface area contributed by atoms with E-state index in [0.29, 0.717) is 28.9 Å². The molecule has 5 N–H and O–H groups in total. The third-order valence-corrected chi connectivity index (χ3v) is 5.34. The molecular formula is C25H23ClN6O. The number of halogens is 1. The van der Waals surface area contributed by atoms with Crippen LogP contribution in [0.2, 0.25) is 5.02 Å². The molecule has 0 saturated heterocycles. The van der Waals surface area contributed by atoms with Crippen molar-refractivity contribution in [2.75, 3.05) is 16.5 Å². The zero-order valence-electron chi connectivity index (χ0n) is 17.7. The Balaban J connectivity index is 1.46. The zero-order valence-corrected chi connectivity index (χ0v) is 18.5. The van der Waals surface area contributed by atoms with E-state index in [1.165, 1.54) is 6.33 Å². The molecule has 0 aliphatic heterocycles. The number of nitrogen functional groups attached to an aromatic ring is 1. The van der Waals surface area contributed by atoms with Crippen LogP contribution in [-0.4, -0.2) is 15.9 Å². The van der Waals surface area contributed by atoms with Crippen LogP contribution in [0.1, 0.15) is 22.6 Å². The van der Waals surface area contributed by atoms with E-state index in [1.54, 1.807) is 0 Å². The molecule has 1 heterocycles. The number of hydrazine groups is 1. The highest BCUT2D eigenvalue weighted by molar-refractivity contribution is 6.30. The summed E-state index contributed by atoms with van der Waals surface area (Å²) < 4.78 is 0. The van der Waals surface area contributed by atoms with Crippen molar-refractivity contribution >= 4 is 34.8 Å². The predicted molar refractivity (Wildman–Crippen MR) is 132 cm³/mol. The first kappa shape index (κ1) is 22.1. The molecule has 1 amide bonds. The van der Waals surface area contributed by atoms with E-state index in [2.05, 4.69) is 26.1 Å². The van der Waals surface area contributed by atoms with E-state index in [9.17, 15) is 4.79 Å². The van der Waals surface area contributed by atoms with Crippen LogP contribution in [0.4, 0.5) is 17.3 Å². The Hall–Kier alpha value is -4.10. The van der Waals surface area contributed by atoms with Gasteiger partial charge in [-0.15, -0.1) is 0 Å². The normalized spacial score (nSPS) is 10.6. The molecular weight excluding hydrogens is 436 g/mol. The van der Waals surface area contributed by atoms with E-state index in [-0.39, 0.29) is 5.91 Å². The number of nitrogens with two attached hydrogens (primary N) is 1. The van der Waals surface area contributed by atoms with E-state index < -0.39 is 5.92 Å². The molecule has 0 fully saturated rings. The van der Waals surface area contributed by atoms with Gasteiger partial charge in [0.1, 0.15) is 12.0 Å². The van der Waals surface area contributed by atoms with Crippen molar-refractivity contribution in [2.24, 2.45) is 0 Å². The van der Waals surface area contributed by atoms with E-state index in [0.717, 1.165) is 16.7 Å². The number of hydrogen-bond acceptors (Lipinski definition) is 6. The fourth-order valence-electron chi connectivity index (χ4n) is 3.40. The van der Waals surface area contributed by atoms with Crippen LogP contribution in [0.5, 0.6) is 0 Å². The first-order valence-electron chi connectivity index (χ1n) is 10.4. The largest absolute Gasteiger partial charge is 0.393 e. The van der Waals surface area contributed by atoms with Crippen molar-refractivity contribution in [2.45, 2.75) is 12.5 Å². The van der Waals surface area contributed by atoms with Gasteiger partial charge in [0.2, 0.25) is 5.91 Å². The molecule has 1 aromatic heterocycles. The summed E-state index contributed by atoms with van der Waals surface area (Å²) in [5.74, 6) is 0.0303. The minimum Gasteiger partial charge on any atom is -0.393 e. The molecule has 4 aromatic rings. The van der Waals surface area contributed by atoms with Crippen LogP contribution in [-0.2, 0) is 11.3 Å². The third kappa shape index (κ3) is 5.58. The molecule has 33 heavy (non-hydrogen) atoms. The van der Waals surface area contributed by atoms with Crippen LogP contribution < -0.4 is 21.9 Å². The highest BCUT2D eigenvalue weighted by Crippen LogP contribution is 2.26. The van der Waals surface area contributed by atoms with Crippen LogP contribution in [0, 0.1) is 0 Å². The minimum atomic E-state index is -0.495. The fourth-order valence-corrected chi connectivity index (χ4v) is 3.53. The molecule has 8 heteroatoms. The lowest BCUT2D eigenvalue weighted by Crippen LogP contribution is -2.35. The van der Waals surface area contributed by atoms with Gasteiger partial charge in [-0.3, -0.25) is 15.6 Å². The van der Waals surface area contributed by atoms with Crippen LogP contribution >= 0.6 is 11.6 Å². The topological polar surface area (TPSA) is 105 Å². The highest BCUT2D eigenvalue weighted by atomic mass is 35.5. The zero-order chi connectivity index (χ0) is 23.0. The number of hydrogen-bond donors (Lipinski definition) is 4. The number of carbonyl (C=O) groups excluding carboxylic acids is 1. The molecule has 0 unspecified atom stereocenters. The monoisotopic (exact) mass is 458 g/mol. The summed E-state index contributed by atoms with van der Waals surface area (Å²) in [4.78, 5) is 21.5.